The van der Waals surface area contributed by atoms with Gasteiger partial charge in [-0.05, 0) is 169 Å². The number of furan rings is 1. The number of hydrogen-bond donors (Lipinski definition) is 5. The fraction of sp³-hybridized carbons (Fsp3) is 0.272. The zero-order valence-corrected chi connectivity index (χ0v) is 92.6. The Morgan fingerprint density at radius 2 is 0.816 bits per heavy atom. The van der Waals surface area contributed by atoms with Crippen molar-refractivity contribution in [3.63, 3.8) is 0 Å². The van der Waals surface area contributed by atoms with Gasteiger partial charge in [0.25, 0.3) is 0 Å². The summed E-state index contributed by atoms with van der Waals surface area (Å²) in [6.45, 7) is 54.6. The van der Waals surface area contributed by atoms with E-state index in [1.165, 1.54) is 52.9 Å². The maximum atomic E-state index is 10.8. The number of aryl methyl sites for hydroxylation is 2. The average molecular weight is 2010 g/mol. The minimum atomic E-state index is -0.402. The summed E-state index contributed by atoms with van der Waals surface area (Å²) in [5, 5.41) is 22.2. The molecule has 0 saturated heterocycles. The Bertz CT molecular complexity index is 5960. The van der Waals surface area contributed by atoms with Crippen LogP contribution >= 0.6 is 11.3 Å². The van der Waals surface area contributed by atoms with Crippen LogP contribution < -0.4 is 35.6 Å². The lowest BCUT2D eigenvalue weighted by Crippen LogP contribution is -2.01. The Morgan fingerprint density at radius 1 is 0.327 bits per heavy atom. The zero-order chi connectivity index (χ0) is 109. The highest BCUT2D eigenvalue weighted by molar-refractivity contribution is 7.16. The Hall–Kier alpha value is -15.8. The van der Waals surface area contributed by atoms with Crippen molar-refractivity contribution in [2.24, 2.45) is 10.2 Å². The second-order valence-electron chi connectivity index (χ2n) is 26.8. The van der Waals surface area contributed by atoms with E-state index >= 15 is 0 Å². The summed E-state index contributed by atoms with van der Waals surface area (Å²) < 4.78 is 36.8. The molecule has 0 fully saturated rings. The van der Waals surface area contributed by atoms with Crippen molar-refractivity contribution in [1.82, 2.24) is 45.1 Å². The number of oxazole rings is 2. The third-order valence-corrected chi connectivity index (χ3v) is 19.5. The number of aromatic amines is 4. The van der Waals surface area contributed by atoms with Crippen molar-refractivity contribution >= 4 is 110 Å². The van der Waals surface area contributed by atoms with Gasteiger partial charge in [0.05, 0.1) is 86.6 Å². The number of azo groups is 1. The number of nitrogens with one attached hydrogen (secondary N) is 5. The summed E-state index contributed by atoms with van der Waals surface area (Å²) in [6, 6.07) is 112. The van der Waals surface area contributed by atoms with E-state index in [0.29, 0.717) is 19.1 Å². The highest BCUT2D eigenvalue weighted by atomic mass is 32.1. The van der Waals surface area contributed by atoms with Crippen LogP contribution in [-0.2, 0) is 25.8 Å². The Balaban J connectivity index is 0.000000781. The number of benzene rings is 13. The van der Waals surface area contributed by atoms with Gasteiger partial charge in [0.1, 0.15) is 22.6 Å². The second-order valence-corrected chi connectivity index (χ2v) is 27.7. The van der Waals surface area contributed by atoms with Gasteiger partial charge in [-0.15, -0.1) is 11.3 Å². The van der Waals surface area contributed by atoms with Crippen LogP contribution in [0.2, 0.25) is 0 Å². The normalized spacial score (nSPS) is 10.2. The summed E-state index contributed by atoms with van der Waals surface area (Å²) in [4.78, 5) is 46.0. The standard InChI is InChI=1S/C9H7NO.C9H7N.C9H10.C8H8O.C8H6O.3C7H6N2.C7H5NO2.C7H7NO.C7H5NO.C7H5NS.C7H6O2.13C2H6/c11-9-6-5-7-3-1-2-4-8(7)10-9;1-2-6-9-8(4-1)5-3-7-10-9;1-2-5-9-7-3-6-8(9)4-1;2*1-2-4-8-7(3-1)5-6-9-8;1-2-4-7-6(3-1)8-5-9-7;2*1-2-4-7-6(3-1)5-8-9-7;9-7-8-5-3-1-2-4-6(5)10-7;4*1-2-4-7-6(3-1)8-5-9-7;13*1-2/h1-6H,(H,10,11);1-7H;1-2,4-5H,3,6-7H2;1-4H,5-6H2;1-6H;1-5H,(H,8,9);1-4H,5H2;1-5H,(H,8,9);1-4H,(H,8,9);1-4,8H,5H2;2*1-5H;1-4H,5H2;13*1-2H3. The fourth-order valence-electron chi connectivity index (χ4n) is 12.6. The van der Waals surface area contributed by atoms with E-state index in [1.807, 2.05) is 471 Å². The third-order valence-electron chi connectivity index (χ3n) is 18.7. The molecule has 5 aliphatic rings. The molecule has 0 atom stereocenters. The topological polar surface area (TPSA) is 275 Å². The number of nitrogens with zero attached hydrogens (tertiary/aromatic N) is 7. The van der Waals surface area contributed by atoms with Gasteiger partial charge in [-0.3, -0.25) is 19.9 Å². The lowest BCUT2D eigenvalue weighted by atomic mass is 10.1. The summed E-state index contributed by atoms with van der Waals surface area (Å²) >= 11 is 1.68. The molecule has 13 aromatic carbocycles. The number of aromatic nitrogens is 9. The monoisotopic (exact) mass is 2010 g/mol. The lowest BCUT2D eigenvalue weighted by Gasteiger charge is -1.93. The highest BCUT2D eigenvalue weighted by Gasteiger charge is 2.12. The van der Waals surface area contributed by atoms with Crippen LogP contribution in [-0.4, -0.2) is 65.2 Å². The lowest BCUT2D eigenvalue weighted by molar-refractivity contribution is 0.174. The van der Waals surface area contributed by atoms with Crippen LogP contribution in [0.3, 0.4) is 0 Å². The van der Waals surface area contributed by atoms with E-state index in [4.69, 9.17) is 32.2 Å². The van der Waals surface area contributed by atoms with Crippen molar-refractivity contribution in [2.45, 2.75) is 212 Å². The summed E-state index contributed by atoms with van der Waals surface area (Å²) in [7, 11) is 0. The van der Waals surface area contributed by atoms with Crippen LogP contribution in [0, 0.1) is 0 Å². The molecule has 0 spiro atoms. The molecule has 12 heterocycles. The van der Waals surface area contributed by atoms with Gasteiger partial charge in [0.2, 0.25) is 12.4 Å². The molecule has 4 aliphatic heterocycles. The van der Waals surface area contributed by atoms with E-state index in [9.17, 15) is 9.59 Å². The molecular weight excluding hydrogens is 1850 g/mol. The Morgan fingerprint density at radius 3 is 1.40 bits per heavy atom. The molecule has 5 N–H and O–H groups in total. The minimum absolute atomic E-state index is 0.0521. The predicted molar refractivity (Wildman–Crippen MR) is 630 cm³/mol. The molecule has 0 unspecified atom stereocenters. The number of thiazole rings is 1. The highest BCUT2D eigenvalue weighted by Crippen LogP contribution is 2.31. The summed E-state index contributed by atoms with van der Waals surface area (Å²) in [6.07, 6.45) is 13.5. The number of pyridine rings is 2. The number of hydrogen-bond acceptors (Lipinski definition) is 18. The largest absolute Gasteiger partial charge is 0.493 e. The predicted octanol–water partition coefficient (Wildman–Crippen LogP) is 36.9. The first-order valence-electron chi connectivity index (χ1n) is 52.1. The number of imidazole rings is 1. The van der Waals surface area contributed by atoms with E-state index in [2.05, 4.69) is 115 Å². The second kappa shape index (κ2) is 85.7. The quantitative estimate of drug-likeness (QED) is 0.0944. The molecule has 1 aliphatic carbocycles. The van der Waals surface area contributed by atoms with Gasteiger partial charge >= 0.3 is 5.76 Å². The van der Waals surface area contributed by atoms with Crippen LogP contribution in [0.5, 0.6) is 23.0 Å². The SMILES string of the molecule is CC.CC.CC.CC.CC.CC.CC.CC.CC.CC.CC.CC.CC.O=c1[nH]c2ccccc2o1.O=c1ccc2ccccc2[nH]1.c1ccc2[nH]cnc2c1.c1ccc2[nH]ncc2c1.c1ccc2c(c1)CCC2.c1ccc2c(c1)CCO2.c1ccc2c(c1)CN=N2.c1ccc2c(c1)NCO2.c1ccc2c(c1)OCO2.c1ccc2ncccc2c1.c1ccc2occc2c1.c1ccc2ocnc2c1.c1ccc2scnc2c1. The van der Waals surface area contributed by atoms with Crippen molar-refractivity contribution in [2.75, 3.05) is 25.4 Å². The minimum Gasteiger partial charge on any atom is -0.493 e. The average Bonchev–Trinajstić information content (AvgIpc) is 1.70. The molecule has 0 radical (unpaired) electrons. The van der Waals surface area contributed by atoms with Gasteiger partial charge < -0.3 is 47.5 Å². The van der Waals surface area contributed by atoms with Gasteiger partial charge in [-0.1, -0.05) is 392 Å². The molecular formula is C125H162N12O9S. The first-order valence-corrected chi connectivity index (χ1v) is 53.0. The zero-order valence-electron chi connectivity index (χ0n) is 91.7. The first kappa shape index (κ1) is 129. The van der Waals surface area contributed by atoms with Gasteiger partial charge in [0, 0.05) is 45.9 Å². The summed E-state index contributed by atoms with van der Waals surface area (Å²) in [5.41, 5.74) is 20.0. The van der Waals surface area contributed by atoms with E-state index in [0.717, 1.165) is 125 Å². The molecule has 0 amide bonds. The smallest absolute Gasteiger partial charge is 0.417 e. The van der Waals surface area contributed by atoms with Crippen LogP contribution in [0.15, 0.2) is 416 Å². The Kier molecular flexibility index (Phi) is 75.4. The first-order chi connectivity index (χ1) is 72.8. The maximum Gasteiger partial charge on any atom is 0.417 e. The van der Waals surface area contributed by atoms with Crippen molar-refractivity contribution in [3.8, 4) is 23.0 Å². The van der Waals surface area contributed by atoms with Crippen LogP contribution in [0.1, 0.15) is 209 Å². The van der Waals surface area contributed by atoms with Crippen molar-refractivity contribution < 1.29 is 32.2 Å². The van der Waals surface area contributed by atoms with Crippen LogP contribution in [0.4, 0.5) is 11.4 Å². The van der Waals surface area contributed by atoms with Gasteiger partial charge in [-0.2, -0.15) is 15.3 Å². The molecule has 782 valence electrons. The molecule has 8 aromatic heterocycles. The number of anilines is 1. The number of para-hydroxylation sites is 16. The van der Waals surface area contributed by atoms with E-state index in [-0.39, 0.29) is 5.56 Å². The molecule has 21 aromatic rings. The Labute approximate surface area is 878 Å². The molecule has 0 saturated carbocycles. The maximum absolute atomic E-state index is 10.8. The van der Waals surface area contributed by atoms with E-state index in [1.54, 1.807) is 47.2 Å². The molecule has 22 heteroatoms. The van der Waals surface area contributed by atoms with E-state index < -0.39 is 5.76 Å². The third kappa shape index (κ3) is 48.0. The van der Waals surface area contributed by atoms with Gasteiger partial charge in [-0.25, -0.2) is 19.7 Å². The number of ether oxygens (including phenoxy) is 4. The molecule has 147 heavy (non-hydrogen) atoms. The molecule has 21 nitrogen and oxygen atoms in total. The number of H-pyrrole nitrogens is 4. The summed E-state index contributed by atoms with van der Waals surface area (Å²) in [5.74, 6) is 3.31. The van der Waals surface area contributed by atoms with Crippen molar-refractivity contribution in [1.29, 1.82) is 0 Å². The molecule has 26 rings (SSSR count). The fourth-order valence-corrected chi connectivity index (χ4v) is 13.3. The molecule has 0 bridgehead atoms. The van der Waals surface area contributed by atoms with Crippen LogP contribution in [0.25, 0.3) is 87.1 Å². The number of fused-ring (bicyclic) bond motifs is 13. The van der Waals surface area contributed by atoms with Crippen molar-refractivity contribution in [3.05, 3.63) is 426 Å². The van der Waals surface area contributed by atoms with Gasteiger partial charge in [0.15, 0.2) is 35.8 Å². The number of rotatable bonds is 0.